The molecular weight excluding hydrogens is 388 g/mol. The molecule has 0 bridgehead atoms. The summed E-state index contributed by atoms with van der Waals surface area (Å²) in [4.78, 5) is 36.7. The van der Waals surface area contributed by atoms with Crippen LogP contribution in [0.5, 0.6) is 5.75 Å². The highest BCUT2D eigenvalue weighted by molar-refractivity contribution is 6.30. The molecule has 0 saturated carbocycles. The number of hydrogen-bond acceptors (Lipinski definition) is 6. The van der Waals surface area contributed by atoms with Gasteiger partial charge in [0, 0.05) is 41.9 Å². The lowest BCUT2D eigenvalue weighted by Gasteiger charge is -2.19. The number of non-ortho nitro benzene ring substituents is 1. The van der Waals surface area contributed by atoms with Crippen LogP contribution in [0, 0.1) is 10.1 Å². The molecule has 28 heavy (non-hydrogen) atoms. The molecular formula is C19H19ClN2O6. The molecule has 0 N–H and O–H groups in total. The lowest BCUT2D eigenvalue weighted by Crippen LogP contribution is -2.26. The van der Waals surface area contributed by atoms with E-state index in [1.807, 2.05) is 0 Å². The van der Waals surface area contributed by atoms with Gasteiger partial charge in [0.05, 0.1) is 24.2 Å². The van der Waals surface area contributed by atoms with Gasteiger partial charge in [-0.3, -0.25) is 14.9 Å². The predicted octanol–water partition coefficient (Wildman–Crippen LogP) is 3.71. The second kappa shape index (κ2) is 9.18. The quantitative estimate of drug-likeness (QED) is 0.395. The summed E-state index contributed by atoms with van der Waals surface area (Å²) in [6, 6.07) is 8.49. The smallest absolute Gasteiger partial charge is 0.338 e. The number of methoxy groups -OCH3 is 1. The molecule has 0 aromatic heterocycles. The van der Waals surface area contributed by atoms with Crippen LogP contribution in [0.1, 0.15) is 33.2 Å². The first-order chi connectivity index (χ1) is 13.3. The zero-order valence-electron chi connectivity index (χ0n) is 15.6. The number of carbonyl (C=O) groups is 2. The molecule has 148 valence electrons. The van der Waals surface area contributed by atoms with E-state index >= 15 is 0 Å². The Bertz CT molecular complexity index is 915. The van der Waals surface area contributed by atoms with Crippen LogP contribution in [-0.2, 0) is 11.3 Å². The fraction of sp³-hybridized carbons (Fsp3) is 0.263. The molecule has 8 nitrogen and oxygen atoms in total. The lowest BCUT2D eigenvalue weighted by atomic mass is 10.1. The number of nitrogens with zero attached hydrogens (tertiary/aromatic N) is 2. The third-order valence-electron chi connectivity index (χ3n) is 3.88. The zero-order valence-corrected chi connectivity index (χ0v) is 16.4. The Morgan fingerprint density at radius 1 is 1.18 bits per heavy atom. The van der Waals surface area contributed by atoms with Gasteiger partial charge in [0.25, 0.3) is 11.6 Å². The average Bonchev–Trinajstić information content (AvgIpc) is 2.67. The van der Waals surface area contributed by atoms with Crippen molar-refractivity contribution < 1.29 is 24.0 Å². The highest BCUT2D eigenvalue weighted by atomic mass is 35.5. The summed E-state index contributed by atoms with van der Waals surface area (Å²) < 4.78 is 10.1. The van der Waals surface area contributed by atoms with Crippen molar-refractivity contribution in [3.8, 4) is 5.75 Å². The van der Waals surface area contributed by atoms with E-state index in [1.54, 1.807) is 25.1 Å². The maximum absolute atomic E-state index is 12.8. The Hall–Kier alpha value is -3.13. The van der Waals surface area contributed by atoms with E-state index in [9.17, 15) is 19.7 Å². The van der Waals surface area contributed by atoms with Crippen molar-refractivity contribution in [1.82, 2.24) is 4.90 Å². The maximum Gasteiger partial charge on any atom is 0.338 e. The number of hydrogen-bond donors (Lipinski definition) is 0. The molecule has 0 fully saturated rings. The van der Waals surface area contributed by atoms with Crippen molar-refractivity contribution in [3.05, 3.63) is 68.2 Å². The molecule has 1 amide bonds. The van der Waals surface area contributed by atoms with E-state index in [-0.39, 0.29) is 30.0 Å². The molecule has 2 aromatic carbocycles. The highest BCUT2D eigenvalue weighted by Crippen LogP contribution is 2.25. The Morgan fingerprint density at radius 2 is 1.86 bits per heavy atom. The van der Waals surface area contributed by atoms with Crippen LogP contribution in [-0.4, -0.2) is 42.5 Å². The topological polar surface area (TPSA) is 99.0 Å². The Balaban J connectivity index is 2.35. The number of ether oxygens (including phenoxy) is 2. The minimum absolute atomic E-state index is 0.000693. The second-order valence-corrected chi connectivity index (χ2v) is 6.30. The average molecular weight is 407 g/mol. The molecule has 0 radical (unpaired) electrons. The second-order valence-electron chi connectivity index (χ2n) is 5.86. The largest absolute Gasteiger partial charge is 0.496 e. The fourth-order valence-electron chi connectivity index (χ4n) is 2.59. The van der Waals surface area contributed by atoms with Gasteiger partial charge in [0.2, 0.25) is 0 Å². The van der Waals surface area contributed by atoms with E-state index in [0.29, 0.717) is 16.3 Å². The molecule has 0 aliphatic rings. The van der Waals surface area contributed by atoms with Crippen molar-refractivity contribution in [2.24, 2.45) is 0 Å². The van der Waals surface area contributed by atoms with Crippen LogP contribution in [0.15, 0.2) is 36.4 Å². The normalized spacial score (nSPS) is 10.3. The number of benzene rings is 2. The first-order valence-electron chi connectivity index (χ1n) is 8.31. The van der Waals surface area contributed by atoms with Crippen LogP contribution >= 0.6 is 11.6 Å². The van der Waals surface area contributed by atoms with Gasteiger partial charge >= 0.3 is 5.97 Å². The van der Waals surface area contributed by atoms with Gasteiger partial charge in [-0.1, -0.05) is 11.6 Å². The van der Waals surface area contributed by atoms with E-state index in [2.05, 4.69) is 0 Å². The Morgan fingerprint density at radius 3 is 2.46 bits per heavy atom. The summed E-state index contributed by atoms with van der Waals surface area (Å²) in [5.74, 6) is -0.689. The lowest BCUT2D eigenvalue weighted by molar-refractivity contribution is -0.384. The van der Waals surface area contributed by atoms with Gasteiger partial charge in [0.1, 0.15) is 5.75 Å². The number of amides is 1. The molecule has 2 aromatic rings. The van der Waals surface area contributed by atoms with Crippen molar-refractivity contribution in [1.29, 1.82) is 0 Å². The first-order valence-corrected chi connectivity index (χ1v) is 8.69. The van der Waals surface area contributed by atoms with Crippen molar-refractivity contribution >= 4 is 29.2 Å². The Labute approximate surface area is 166 Å². The zero-order chi connectivity index (χ0) is 20.8. The van der Waals surface area contributed by atoms with Crippen LogP contribution in [0.4, 0.5) is 5.69 Å². The summed E-state index contributed by atoms with van der Waals surface area (Å²) in [5.41, 5.74) is 0.235. The summed E-state index contributed by atoms with van der Waals surface area (Å²) in [7, 11) is 3.03. The number of halogens is 1. The molecule has 0 aliphatic heterocycles. The standard InChI is InChI=1S/C19H19ClN2O6/c1-4-28-19(24)13-7-12(9-16(10-13)22(25)26)18(23)21(2)11-14-8-15(20)5-6-17(14)27-3/h5-10H,4,11H2,1-3H3. The fourth-order valence-corrected chi connectivity index (χ4v) is 2.79. The minimum atomic E-state index is -0.737. The van der Waals surface area contributed by atoms with Gasteiger partial charge in [-0.25, -0.2) is 4.79 Å². The van der Waals surface area contributed by atoms with Crippen LogP contribution in [0.3, 0.4) is 0 Å². The highest BCUT2D eigenvalue weighted by Gasteiger charge is 2.21. The van der Waals surface area contributed by atoms with E-state index in [4.69, 9.17) is 21.1 Å². The third-order valence-corrected chi connectivity index (χ3v) is 4.12. The van der Waals surface area contributed by atoms with E-state index in [1.165, 1.54) is 25.1 Å². The van der Waals surface area contributed by atoms with Crippen molar-refractivity contribution in [3.63, 3.8) is 0 Å². The SMILES string of the molecule is CCOC(=O)c1cc(C(=O)N(C)Cc2cc(Cl)ccc2OC)cc([N+](=O)[O-])c1. The van der Waals surface area contributed by atoms with Gasteiger partial charge in [-0.2, -0.15) is 0 Å². The Kier molecular flexibility index (Phi) is 6.94. The molecule has 0 saturated heterocycles. The van der Waals surface area contributed by atoms with Crippen LogP contribution in [0.25, 0.3) is 0 Å². The number of esters is 1. The van der Waals surface area contributed by atoms with Gasteiger partial charge in [-0.15, -0.1) is 0 Å². The number of rotatable bonds is 7. The molecule has 0 aliphatic carbocycles. The summed E-state index contributed by atoms with van der Waals surface area (Å²) in [6.45, 7) is 1.88. The van der Waals surface area contributed by atoms with E-state index < -0.39 is 16.8 Å². The minimum Gasteiger partial charge on any atom is -0.496 e. The number of nitro benzene ring substituents is 1. The summed E-state index contributed by atoms with van der Waals surface area (Å²) >= 11 is 6.01. The van der Waals surface area contributed by atoms with Gasteiger partial charge < -0.3 is 14.4 Å². The predicted molar refractivity (Wildman–Crippen MR) is 103 cm³/mol. The number of nitro groups is 1. The molecule has 0 heterocycles. The molecule has 0 atom stereocenters. The van der Waals surface area contributed by atoms with Crippen molar-refractivity contribution in [2.75, 3.05) is 20.8 Å². The van der Waals surface area contributed by atoms with Crippen molar-refractivity contribution in [2.45, 2.75) is 13.5 Å². The summed E-state index contributed by atoms with van der Waals surface area (Å²) in [5, 5.41) is 11.7. The molecule has 2 rings (SSSR count). The monoisotopic (exact) mass is 406 g/mol. The first kappa shape index (κ1) is 21.2. The van der Waals surface area contributed by atoms with Gasteiger partial charge in [-0.05, 0) is 31.2 Å². The van der Waals surface area contributed by atoms with Crippen LogP contribution < -0.4 is 4.74 Å². The maximum atomic E-state index is 12.8. The summed E-state index contributed by atoms with van der Waals surface area (Å²) in [6.07, 6.45) is 0. The van der Waals surface area contributed by atoms with Gasteiger partial charge in [0.15, 0.2) is 0 Å². The molecule has 9 heteroatoms. The van der Waals surface area contributed by atoms with Crippen LogP contribution in [0.2, 0.25) is 5.02 Å². The number of carbonyl (C=O) groups excluding carboxylic acids is 2. The molecule has 0 unspecified atom stereocenters. The van der Waals surface area contributed by atoms with E-state index in [0.717, 1.165) is 12.1 Å². The third kappa shape index (κ3) is 4.98. The molecule has 0 spiro atoms.